The van der Waals surface area contributed by atoms with Gasteiger partial charge in [0.15, 0.2) is 22.4 Å². The van der Waals surface area contributed by atoms with Crippen LogP contribution >= 0.6 is 12.2 Å². The Bertz CT molecular complexity index is 587. The van der Waals surface area contributed by atoms with E-state index in [1.165, 1.54) is 0 Å². The molecule has 2 aromatic carbocycles. The fourth-order valence-corrected chi connectivity index (χ4v) is 1.72. The van der Waals surface area contributed by atoms with Crippen molar-refractivity contribution in [2.45, 2.75) is 0 Å². The molecule has 4 nitrogen and oxygen atoms in total. The molecule has 0 aliphatic heterocycles. The molecule has 0 radical (unpaired) electrons. The van der Waals surface area contributed by atoms with E-state index in [9.17, 15) is 0 Å². The molecule has 0 aromatic heterocycles. The van der Waals surface area contributed by atoms with Crippen LogP contribution in [-0.2, 0) is 0 Å². The Hall–Kier alpha value is -2.27. The molecular formula is C14H14N2O2S. The van der Waals surface area contributed by atoms with E-state index in [2.05, 4.69) is 5.32 Å². The third-order valence-corrected chi connectivity index (χ3v) is 2.54. The highest BCUT2D eigenvalue weighted by Crippen LogP contribution is 2.34. The first-order valence-corrected chi connectivity index (χ1v) is 6.08. The van der Waals surface area contributed by atoms with Gasteiger partial charge in [-0.3, -0.25) is 0 Å². The molecule has 0 bridgehead atoms. The molecule has 0 heterocycles. The van der Waals surface area contributed by atoms with Crippen molar-refractivity contribution in [2.24, 2.45) is 5.73 Å². The molecule has 19 heavy (non-hydrogen) atoms. The van der Waals surface area contributed by atoms with Gasteiger partial charge >= 0.3 is 0 Å². The number of ether oxygens (including phenoxy) is 2. The predicted octanol–water partition coefficient (Wildman–Crippen LogP) is 3.14. The Morgan fingerprint density at radius 3 is 2.21 bits per heavy atom. The second-order valence-electron chi connectivity index (χ2n) is 3.74. The average Bonchev–Trinajstić information content (AvgIpc) is 2.41. The van der Waals surface area contributed by atoms with Crippen molar-refractivity contribution in [1.82, 2.24) is 0 Å². The molecule has 0 saturated heterocycles. The number of thiocarbonyl (C=S) groups is 1. The van der Waals surface area contributed by atoms with Gasteiger partial charge < -0.3 is 20.5 Å². The number of hydrogen-bond acceptors (Lipinski definition) is 3. The Morgan fingerprint density at radius 1 is 1.00 bits per heavy atom. The van der Waals surface area contributed by atoms with Gasteiger partial charge in [-0.15, -0.1) is 0 Å². The normalized spacial score (nSPS) is 9.74. The molecule has 2 rings (SSSR count). The van der Waals surface area contributed by atoms with E-state index in [1.54, 1.807) is 7.11 Å². The van der Waals surface area contributed by atoms with E-state index in [1.807, 2.05) is 48.5 Å². The van der Waals surface area contributed by atoms with Gasteiger partial charge in [-0.1, -0.05) is 24.3 Å². The number of hydrogen-bond donors (Lipinski definition) is 2. The fourth-order valence-electron chi connectivity index (χ4n) is 1.61. The summed E-state index contributed by atoms with van der Waals surface area (Å²) in [4.78, 5) is 0. The van der Waals surface area contributed by atoms with Gasteiger partial charge in [-0.05, 0) is 36.5 Å². The largest absolute Gasteiger partial charge is 0.493 e. The Labute approximate surface area is 117 Å². The minimum Gasteiger partial charge on any atom is -0.493 e. The van der Waals surface area contributed by atoms with Gasteiger partial charge in [-0.2, -0.15) is 0 Å². The van der Waals surface area contributed by atoms with Gasteiger partial charge in [0, 0.05) is 0 Å². The summed E-state index contributed by atoms with van der Waals surface area (Å²) < 4.78 is 11.1. The SMILES string of the molecule is COc1ccccc1Oc1ccccc1NC(N)=S. The third-order valence-electron chi connectivity index (χ3n) is 2.43. The zero-order chi connectivity index (χ0) is 13.7. The summed E-state index contributed by atoms with van der Waals surface area (Å²) in [5, 5.41) is 3.07. The minimum absolute atomic E-state index is 0.191. The maximum absolute atomic E-state index is 5.83. The number of rotatable bonds is 4. The first kappa shape index (κ1) is 13.2. The van der Waals surface area contributed by atoms with Crippen LogP contribution in [0.25, 0.3) is 0 Å². The second-order valence-corrected chi connectivity index (χ2v) is 4.18. The smallest absolute Gasteiger partial charge is 0.169 e. The van der Waals surface area contributed by atoms with E-state index in [0.717, 1.165) is 0 Å². The van der Waals surface area contributed by atoms with E-state index in [0.29, 0.717) is 22.9 Å². The maximum Gasteiger partial charge on any atom is 0.169 e. The Morgan fingerprint density at radius 2 is 1.58 bits per heavy atom. The quantitative estimate of drug-likeness (QED) is 0.839. The van der Waals surface area contributed by atoms with Gasteiger partial charge in [0.05, 0.1) is 12.8 Å². The molecule has 0 saturated carbocycles. The number of methoxy groups -OCH3 is 1. The van der Waals surface area contributed by atoms with Crippen LogP contribution in [0.5, 0.6) is 17.2 Å². The third kappa shape index (κ3) is 3.35. The lowest BCUT2D eigenvalue weighted by Gasteiger charge is -2.13. The molecule has 0 spiro atoms. The van der Waals surface area contributed by atoms with Crippen LogP contribution in [0.4, 0.5) is 5.69 Å². The van der Waals surface area contributed by atoms with Crippen LogP contribution in [0, 0.1) is 0 Å². The van der Waals surface area contributed by atoms with Crippen LogP contribution in [0.2, 0.25) is 0 Å². The van der Waals surface area contributed by atoms with Gasteiger partial charge in [-0.25, -0.2) is 0 Å². The molecular weight excluding hydrogens is 260 g/mol. The zero-order valence-corrected chi connectivity index (χ0v) is 11.2. The lowest BCUT2D eigenvalue weighted by molar-refractivity contribution is 0.379. The summed E-state index contributed by atoms with van der Waals surface area (Å²) in [6, 6.07) is 14.8. The van der Waals surface area contributed by atoms with E-state index in [-0.39, 0.29) is 5.11 Å². The van der Waals surface area contributed by atoms with Crippen molar-refractivity contribution < 1.29 is 9.47 Å². The highest BCUT2D eigenvalue weighted by Gasteiger charge is 2.08. The highest BCUT2D eigenvalue weighted by atomic mass is 32.1. The van der Waals surface area contributed by atoms with Crippen molar-refractivity contribution in [3.8, 4) is 17.2 Å². The molecule has 0 atom stereocenters. The van der Waals surface area contributed by atoms with Crippen LogP contribution in [-0.4, -0.2) is 12.2 Å². The molecule has 98 valence electrons. The fraction of sp³-hybridized carbons (Fsp3) is 0.0714. The van der Waals surface area contributed by atoms with Crippen LogP contribution in [0.15, 0.2) is 48.5 Å². The van der Waals surface area contributed by atoms with Crippen molar-refractivity contribution >= 4 is 23.0 Å². The average molecular weight is 274 g/mol. The van der Waals surface area contributed by atoms with Gasteiger partial charge in [0.1, 0.15) is 0 Å². The van der Waals surface area contributed by atoms with Gasteiger partial charge in [0.2, 0.25) is 0 Å². The van der Waals surface area contributed by atoms with E-state index < -0.39 is 0 Å². The Balaban J connectivity index is 2.30. The second kappa shape index (κ2) is 6.06. The molecule has 0 fully saturated rings. The summed E-state index contributed by atoms with van der Waals surface area (Å²) >= 11 is 4.84. The first-order chi connectivity index (χ1) is 9.20. The molecule has 5 heteroatoms. The minimum atomic E-state index is 0.191. The summed E-state index contributed by atoms with van der Waals surface area (Å²) in [6.07, 6.45) is 0. The van der Waals surface area contributed by atoms with Crippen LogP contribution in [0.1, 0.15) is 0 Å². The Kier molecular flexibility index (Phi) is 4.20. The van der Waals surface area contributed by atoms with E-state index in [4.69, 9.17) is 27.4 Å². The van der Waals surface area contributed by atoms with Gasteiger partial charge in [0.25, 0.3) is 0 Å². The molecule has 0 aliphatic carbocycles. The zero-order valence-electron chi connectivity index (χ0n) is 10.4. The van der Waals surface area contributed by atoms with Crippen LogP contribution in [0.3, 0.4) is 0 Å². The number of benzene rings is 2. The lowest BCUT2D eigenvalue weighted by atomic mass is 10.3. The maximum atomic E-state index is 5.83. The summed E-state index contributed by atoms with van der Waals surface area (Å²) in [5.41, 5.74) is 6.19. The highest BCUT2D eigenvalue weighted by molar-refractivity contribution is 7.80. The van der Waals surface area contributed by atoms with Crippen molar-refractivity contribution in [3.05, 3.63) is 48.5 Å². The molecule has 3 N–H and O–H groups in total. The van der Waals surface area contributed by atoms with Crippen molar-refractivity contribution in [1.29, 1.82) is 0 Å². The van der Waals surface area contributed by atoms with Crippen molar-refractivity contribution in [2.75, 3.05) is 12.4 Å². The topological polar surface area (TPSA) is 56.5 Å². The summed E-state index contributed by atoms with van der Waals surface area (Å²) in [7, 11) is 1.60. The summed E-state index contributed by atoms with van der Waals surface area (Å²) in [5.74, 6) is 1.91. The lowest BCUT2D eigenvalue weighted by Crippen LogP contribution is -2.19. The summed E-state index contributed by atoms with van der Waals surface area (Å²) in [6.45, 7) is 0. The monoisotopic (exact) mass is 274 g/mol. The molecule has 0 aliphatic rings. The molecule has 0 amide bonds. The number of nitrogens with one attached hydrogen (secondary N) is 1. The number of anilines is 1. The van der Waals surface area contributed by atoms with Crippen LogP contribution < -0.4 is 20.5 Å². The van der Waals surface area contributed by atoms with E-state index >= 15 is 0 Å². The first-order valence-electron chi connectivity index (χ1n) is 5.67. The van der Waals surface area contributed by atoms with Crippen molar-refractivity contribution in [3.63, 3.8) is 0 Å². The molecule has 2 aromatic rings. The predicted molar refractivity (Wildman–Crippen MR) is 79.9 cm³/mol. The standard InChI is InChI=1S/C14H14N2O2S/c1-17-12-8-4-5-9-13(12)18-11-7-3-2-6-10(11)16-14(15)19/h2-9H,1H3,(H3,15,16,19). The number of para-hydroxylation sites is 4. The molecule has 0 unspecified atom stereocenters. The number of nitrogens with two attached hydrogens (primary N) is 1.